The molecule has 140 valence electrons. The number of rotatable bonds is 5. The van der Waals surface area contributed by atoms with Crippen LogP contribution in [0.3, 0.4) is 0 Å². The summed E-state index contributed by atoms with van der Waals surface area (Å²) in [5, 5.41) is 1.03. The van der Waals surface area contributed by atoms with E-state index >= 15 is 0 Å². The van der Waals surface area contributed by atoms with Gasteiger partial charge in [-0.2, -0.15) is 0 Å². The standard InChI is InChI=1S/C21H21FN2O3/c1-25-19-6-7-20-15(13-19)12-16-14-24(9-11-27-21(16)23-20)8-10-26-18-4-2-17(22)3-5-18/h2-7,12-13H,8-11,14H2,1H3. The second kappa shape index (κ2) is 7.80. The van der Waals surface area contributed by atoms with Crippen molar-refractivity contribution in [3.05, 3.63) is 59.9 Å². The molecule has 0 N–H and O–H groups in total. The number of nitrogens with zero attached hydrogens (tertiary/aromatic N) is 2. The topological polar surface area (TPSA) is 43.8 Å². The molecule has 0 fully saturated rings. The van der Waals surface area contributed by atoms with Gasteiger partial charge in [0, 0.05) is 30.6 Å². The van der Waals surface area contributed by atoms with E-state index in [1.54, 1.807) is 19.2 Å². The van der Waals surface area contributed by atoms with E-state index in [0.29, 0.717) is 24.8 Å². The molecule has 5 nitrogen and oxygen atoms in total. The molecule has 0 amide bonds. The van der Waals surface area contributed by atoms with E-state index in [-0.39, 0.29) is 5.82 Å². The first-order valence-corrected chi connectivity index (χ1v) is 8.92. The van der Waals surface area contributed by atoms with Gasteiger partial charge in [0.05, 0.1) is 12.6 Å². The maximum atomic E-state index is 13.0. The van der Waals surface area contributed by atoms with Gasteiger partial charge in [0.15, 0.2) is 0 Å². The molecule has 0 bridgehead atoms. The lowest BCUT2D eigenvalue weighted by Crippen LogP contribution is -2.30. The highest BCUT2D eigenvalue weighted by molar-refractivity contribution is 5.81. The maximum absolute atomic E-state index is 13.0. The molecule has 3 aromatic rings. The fraction of sp³-hybridized carbons (Fsp3) is 0.286. The molecule has 0 saturated carbocycles. The van der Waals surface area contributed by atoms with E-state index in [4.69, 9.17) is 14.2 Å². The van der Waals surface area contributed by atoms with Gasteiger partial charge in [-0.3, -0.25) is 4.90 Å². The number of ether oxygens (including phenoxy) is 3. The van der Waals surface area contributed by atoms with E-state index < -0.39 is 0 Å². The summed E-state index contributed by atoms with van der Waals surface area (Å²) in [6.07, 6.45) is 0. The van der Waals surface area contributed by atoms with Gasteiger partial charge in [0.1, 0.15) is 30.5 Å². The van der Waals surface area contributed by atoms with Crippen molar-refractivity contribution in [2.75, 3.05) is 33.4 Å². The molecule has 0 radical (unpaired) electrons. The zero-order valence-corrected chi connectivity index (χ0v) is 15.2. The summed E-state index contributed by atoms with van der Waals surface area (Å²) in [5.74, 6) is 1.90. The average molecular weight is 368 g/mol. The predicted octanol–water partition coefficient (Wildman–Crippen LogP) is 3.66. The Bertz CT molecular complexity index is 931. The van der Waals surface area contributed by atoms with Crippen LogP contribution in [-0.2, 0) is 6.54 Å². The molecule has 4 rings (SSSR count). The van der Waals surface area contributed by atoms with Gasteiger partial charge in [-0.25, -0.2) is 9.37 Å². The molecule has 0 saturated heterocycles. The van der Waals surface area contributed by atoms with Crippen molar-refractivity contribution in [2.45, 2.75) is 6.54 Å². The Morgan fingerprint density at radius 3 is 2.74 bits per heavy atom. The molecule has 2 aromatic carbocycles. The Labute approximate surface area is 157 Å². The molecule has 2 heterocycles. The second-order valence-corrected chi connectivity index (χ2v) is 6.44. The number of halogens is 1. The van der Waals surface area contributed by atoms with Crippen molar-refractivity contribution < 1.29 is 18.6 Å². The Morgan fingerprint density at radius 1 is 1.11 bits per heavy atom. The van der Waals surface area contributed by atoms with Gasteiger partial charge in [-0.1, -0.05) is 0 Å². The summed E-state index contributed by atoms with van der Waals surface area (Å²) in [5.41, 5.74) is 1.94. The number of methoxy groups -OCH3 is 1. The molecule has 1 aliphatic heterocycles. The summed E-state index contributed by atoms with van der Waals surface area (Å²) in [4.78, 5) is 6.92. The van der Waals surface area contributed by atoms with Crippen LogP contribution in [-0.4, -0.2) is 43.3 Å². The first-order valence-electron chi connectivity index (χ1n) is 8.92. The SMILES string of the molecule is COc1ccc2nc3c(cc2c1)CN(CCOc1ccc(F)cc1)CCO3. The van der Waals surface area contributed by atoms with Crippen molar-refractivity contribution in [1.82, 2.24) is 9.88 Å². The van der Waals surface area contributed by atoms with Crippen LogP contribution in [0.4, 0.5) is 4.39 Å². The Morgan fingerprint density at radius 2 is 1.93 bits per heavy atom. The van der Waals surface area contributed by atoms with Gasteiger partial charge in [-0.15, -0.1) is 0 Å². The Balaban J connectivity index is 1.45. The van der Waals surface area contributed by atoms with E-state index in [9.17, 15) is 4.39 Å². The number of pyridine rings is 1. The van der Waals surface area contributed by atoms with Crippen molar-refractivity contribution in [3.63, 3.8) is 0 Å². The molecule has 6 heteroatoms. The smallest absolute Gasteiger partial charge is 0.218 e. The summed E-state index contributed by atoms with van der Waals surface area (Å²) in [7, 11) is 1.66. The molecule has 0 unspecified atom stereocenters. The van der Waals surface area contributed by atoms with Crippen LogP contribution in [0, 0.1) is 5.82 Å². The molecular formula is C21H21FN2O3. The van der Waals surface area contributed by atoms with Crippen LogP contribution >= 0.6 is 0 Å². The maximum Gasteiger partial charge on any atom is 0.218 e. The van der Waals surface area contributed by atoms with Crippen molar-refractivity contribution in [2.24, 2.45) is 0 Å². The molecule has 1 aromatic heterocycles. The van der Waals surface area contributed by atoms with Gasteiger partial charge < -0.3 is 14.2 Å². The highest BCUT2D eigenvalue weighted by atomic mass is 19.1. The average Bonchev–Trinajstić information content (AvgIpc) is 2.88. The molecule has 27 heavy (non-hydrogen) atoms. The lowest BCUT2D eigenvalue weighted by Gasteiger charge is -2.19. The van der Waals surface area contributed by atoms with Crippen molar-refractivity contribution in [1.29, 1.82) is 0 Å². The third kappa shape index (κ3) is 4.11. The molecular weight excluding hydrogens is 347 g/mol. The summed E-state index contributed by atoms with van der Waals surface area (Å²) in [6, 6.07) is 14.0. The van der Waals surface area contributed by atoms with E-state index in [1.165, 1.54) is 12.1 Å². The van der Waals surface area contributed by atoms with Crippen LogP contribution in [0.25, 0.3) is 10.9 Å². The lowest BCUT2D eigenvalue weighted by atomic mass is 10.1. The summed E-state index contributed by atoms with van der Waals surface area (Å²) >= 11 is 0. The van der Waals surface area contributed by atoms with Gasteiger partial charge >= 0.3 is 0 Å². The predicted molar refractivity (Wildman–Crippen MR) is 101 cm³/mol. The minimum atomic E-state index is -0.264. The highest BCUT2D eigenvalue weighted by Crippen LogP contribution is 2.28. The zero-order valence-electron chi connectivity index (χ0n) is 15.2. The Hall–Kier alpha value is -2.86. The highest BCUT2D eigenvalue weighted by Gasteiger charge is 2.17. The van der Waals surface area contributed by atoms with Crippen LogP contribution in [0.5, 0.6) is 17.4 Å². The first-order chi connectivity index (χ1) is 13.2. The monoisotopic (exact) mass is 368 g/mol. The largest absolute Gasteiger partial charge is 0.497 e. The van der Waals surface area contributed by atoms with Gasteiger partial charge in [0.2, 0.25) is 5.88 Å². The van der Waals surface area contributed by atoms with Crippen LogP contribution in [0.1, 0.15) is 5.56 Å². The third-order valence-electron chi connectivity index (χ3n) is 4.59. The van der Waals surface area contributed by atoms with Gasteiger partial charge in [0.25, 0.3) is 0 Å². The molecule has 0 spiro atoms. The number of hydrogen-bond acceptors (Lipinski definition) is 5. The van der Waals surface area contributed by atoms with E-state index in [1.807, 2.05) is 18.2 Å². The lowest BCUT2D eigenvalue weighted by molar-refractivity contribution is 0.185. The fourth-order valence-corrected chi connectivity index (χ4v) is 3.15. The summed E-state index contributed by atoms with van der Waals surface area (Å²) < 4.78 is 29.8. The molecule has 1 aliphatic rings. The number of aromatic nitrogens is 1. The second-order valence-electron chi connectivity index (χ2n) is 6.44. The van der Waals surface area contributed by atoms with E-state index in [0.717, 1.165) is 41.9 Å². The fourth-order valence-electron chi connectivity index (χ4n) is 3.15. The first kappa shape index (κ1) is 17.5. The molecule has 0 aliphatic carbocycles. The van der Waals surface area contributed by atoms with Crippen molar-refractivity contribution >= 4 is 10.9 Å². The number of fused-ring (bicyclic) bond motifs is 2. The molecule has 0 atom stereocenters. The quantitative estimate of drug-likeness (QED) is 0.688. The minimum Gasteiger partial charge on any atom is -0.497 e. The van der Waals surface area contributed by atoms with Crippen LogP contribution < -0.4 is 14.2 Å². The zero-order chi connectivity index (χ0) is 18.6. The normalized spacial score (nSPS) is 14.3. The van der Waals surface area contributed by atoms with Crippen LogP contribution in [0.2, 0.25) is 0 Å². The Kier molecular flexibility index (Phi) is 5.07. The van der Waals surface area contributed by atoms with Crippen molar-refractivity contribution in [3.8, 4) is 17.4 Å². The summed E-state index contributed by atoms with van der Waals surface area (Å²) in [6.45, 7) is 3.38. The van der Waals surface area contributed by atoms with E-state index in [2.05, 4.69) is 16.0 Å². The van der Waals surface area contributed by atoms with Gasteiger partial charge in [-0.05, 0) is 48.5 Å². The minimum absolute atomic E-state index is 0.264. The third-order valence-corrected chi connectivity index (χ3v) is 4.59. The number of hydrogen-bond donors (Lipinski definition) is 0. The van der Waals surface area contributed by atoms with Crippen LogP contribution in [0.15, 0.2) is 48.5 Å². The number of benzene rings is 2.